The van der Waals surface area contributed by atoms with Crippen LogP contribution in [0.15, 0.2) is 30.5 Å². The Hall–Kier alpha value is -2.28. The van der Waals surface area contributed by atoms with E-state index in [1.807, 2.05) is 33.7 Å². The van der Waals surface area contributed by atoms with Crippen LogP contribution in [0, 0.1) is 11.3 Å². The third kappa shape index (κ3) is 2.59. The SMILES string of the molecule is CC[C@@H]1CCCCN1C(=O)Cn1cc(C#N)c2ccccc21. The first-order valence-corrected chi connectivity index (χ1v) is 8.02. The molecular formula is C18H21N3O. The summed E-state index contributed by atoms with van der Waals surface area (Å²) in [5.74, 6) is 0.164. The topological polar surface area (TPSA) is 49.0 Å². The summed E-state index contributed by atoms with van der Waals surface area (Å²) in [6.45, 7) is 3.33. The van der Waals surface area contributed by atoms with Gasteiger partial charge in [0.1, 0.15) is 12.6 Å². The predicted octanol–water partition coefficient (Wildman–Crippen LogP) is 3.30. The number of para-hydroxylation sites is 1. The first kappa shape index (κ1) is 14.6. The summed E-state index contributed by atoms with van der Waals surface area (Å²) in [4.78, 5) is 14.7. The lowest BCUT2D eigenvalue weighted by molar-refractivity contribution is -0.135. The number of carbonyl (C=O) groups excluding carboxylic acids is 1. The summed E-state index contributed by atoms with van der Waals surface area (Å²) in [7, 11) is 0. The number of aromatic nitrogens is 1. The standard InChI is InChI=1S/C18H21N3O/c1-2-15-7-5-6-10-21(15)18(22)13-20-12-14(11-19)16-8-3-4-9-17(16)20/h3-4,8-9,12,15H,2,5-7,10,13H2,1H3/t15-/m1/s1. The second kappa shape index (κ2) is 6.23. The highest BCUT2D eigenvalue weighted by Crippen LogP contribution is 2.23. The molecule has 2 heterocycles. The predicted molar refractivity (Wildman–Crippen MR) is 86.3 cm³/mol. The molecule has 3 rings (SSSR count). The molecule has 0 N–H and O–H groups in total. The number of carbonyl (C=O) groups is 1. The molecule has 0 unspecified atom stereocenters. The van der Waals surface area contributed by atoms with Crippen molar-refractivity contribution < 1.29 is 4.79 Å². The van der Waals surface area contributed by atoms with Crippen LogP contribution in [-0.4, -0.2) is 28.0 Å². The maximum Gasteiger partial charge on any atom is 0.242 e. The summed E-state index contributed by atoms with van der Waals surface area (Å²) in [5, 5.41) is 10.2. The van der Waals surface area contributed by atoms with Gasteiger partial charge in [-0.1, -0.05) is 25.1 Å². The highest BCUT2D eigenvalue weighted by atomic mass is 16.2. The summed E-state index contributed by atoms with van der Waals surface area (Å²) >= 11 is 0. The van der Waals surface area contributed by atoms with E-state index >= 15 is 0 Å². The molecule has 0 spiro atoms. The number of hydrogen-bond acceptors (Lipinski definition) is 2. The number of nitrogens with zero attached hydrogens (tertiary/aromatic N) is 3. The fourth-order valence-corrected chi connectivity index (χ4v) is 3.46. The van der Waals surface area contributed by atoms with E-state index in [1.54, 1.807) is 6.20 Å². The lowest BCUT2D eigenvalue weighted by Crippen LogP contribution is -2.44. The number of rotatable bonds is 3. The monoisotopic (exact) mass is 295 g/mol. The fraction of sp³-hybridized carbons (Fsp3) is 0.444. The van der Waals surface area contributed by atoms with Crippen molar-refractivity contribution in [2.75, 3.05) is 6.54 Å². The normalized spacial score (nSPS) is 18.4. The van der Waals surface area contributed by atoms with E-state index in [-0.39, 0.29) is 5.91 Å². The van der Waals surface area contributed by atoms with Crippen LogP contribution in [0.25, 0.3) is 10.9 Å². The van der Waals surface area contributed by atoms with Crippen molar-refractivity contribution >= 4 is 16.8 Å². The van der Waals surface area contributed by atoms with Gasteiger partial charge >= 0.3 is 0 Å². The first-order chi connectivity index (χ1) is 10.7. The molecule has 4 heteroatoms. The van der Waals surface area contributed by atoms with Gasteiger partial charge in [0.25, 0.3) is 0 Å². The summed E-state index contributed by atoms with van der Waals surface area (Å²) < 4.78 is 1.91. The second-order valence-electron chi connectivity index (χ2n) is 5.94. The van der Waals surface area contributed by atoms with Crippen molar-refractivity contribution in [1.29, 1.82) is 5.26 Å². The molecule has 114 valence electrons. The molecule has 1 aliphatic heterocycles. The Labute approximate surface area is 130 Å². The highest BCUT2D eigenvalue weighted by Gasteiger charge is 2.25. The third-order valence-corrected chi connectivity index (χ3v) is 4.63. The molecule has 1 atom stereocenters. The van der Waals surface area contributed by atoms with Gasteiger partial charge in [-0.25, -0.2) is 0 Å². The fourth-order valence-electron chi connectivity index (χ4n) is 3.46. The Morgan fingerprint density at radius 1 is 1.36 bits per heavy atom. The van der Waals surface area contributed by atoms with E-state index in [1.165, 1.54) is 6.42 Å². The Morgan fingerprint density at radius 3 is 2.95 bits per heavy atom. The van der Waals surface area contributed by atoms with Gasteiger partial charge in [0.2, 0.25) is 5.91 Å². The van der Waals surface area contributed by atoms with E-state index in [4.69, 9.17) is 0 Å². The molecular weight excluding hydrogens is 274 g/mol. The van der Waals surface area contributed by atoms with Gasteiger partial charge in [-0.3, -0.25) is 4.79 Å². The molecule has 1 aliphatic rings. The van der Waals surface area contributed by atoms with Crippen LogP contribution in [0.1, 0.15) is 38.2 Å². The molecule has 0 bridgehead atoms. The van der Waals surface area contributed by atoms with Crippen LogP contribution >= 0.6 is 0 Å². The second-order valence-corrected chi connectivity index (χ2v) is 5.94. The molecule has 2 aromatic rings. The number of hydrogen-bond donors (Lipinski definition) is 0. The van der Waals surface area contributed by atoms with Crippen LogP contribution < -0.4 is 0 Å². The number of amides is 1. The quantitative estimate of drug-likeness (QED) is 0.872. The summed E-state index contributed by atoms with van der Waals surface area (Å²) in [5.41, 5.74) is 1.59. The Kier molecular flexibility index (Phi) is 4.15. The number of piperidine rings is 1. The lowest BCUT2D eigenvalue weighted by Gasteiger charge is -2.35. The van der Waals surface area contributed by atoms with E-state index in [0.717, 1.165) is 36.7 Å². The van der Waals surface area contributed by atoms with Gasteiger partial charge < -0.3 is 9.47 Å². The molecule has 4 nitrogen and oxygen atoms in total. The van der Waals surface area contributed by atoms with Crippen molar-refractivity contribution in [2.45, 2.75) is 45.2 Å². The first-order valence-electron chi connectivity index (χ1n) is 8.02. The zero-order valence-corrected chi connectivity index (χ0v) is 13.0. The van der Waals surface area contributed by atoms with Crippen LogP contribution in [0.2, 0.25) is 0 Å². The Bertz CT molecular complexity index is 725. The van der Waals surface area contributed by atoms with Crippen molar-refractivity contribution in [3.05, 3.63) is 36.0 Å². The van der Waals surface area contributed by atoms with Gasteiger partial charge in [0.05, 0.1) is 5.56 Å². The summed E-state index contributed by atoms with van der Waals surface area (Å²) in [6, 6.07) is 10.4. The largest absolute Gasteiger partial charge is 0.338 e. The van der Waals surface area contributed by atoms with E-state index in [0.29, 0.717) is 18.2 Å². The molecule has 0 aliphatic carbocycles. The molecule has 0 radical (unpaired) electrons. The number of nitriles is 1. The molecule has 1 aromatic carbocycles. The van der Waals surface area contributed by atoms with Gasteiger partial charge in [-0.15, -0.1) is 0 Å². The van der Waals surface area contributed by atoms with E-state index in [2.05, 4.69) is 13.0 Å². The lowest BCUT2D eigenvalue weighted by atomic mass is 10.00. The molecule has 1 aromatic heterocycles. The van der Waals surface area contributed by atoms with Gasteiger partial charge in [-0.2, -0.15) is 5.26 Å². The van der Waals surface area contributed by atoms with Crippen LogP contribution in [0.5, 0.6) is 0 Å². The van der Waals surface area contributed by atoms with Gasteiger partial charge in [-0.05, 0) is 31.7 Å². The zero-order chi connectivity index (χ0) is 15.5. The Morgan fingerprint density at radius 2 is 2.18 bits per heavy atom. The highest BCUT2D eigenvalue weighted by molar-refractivity contribution is 5.88. The van der Waals surface area contributed by atoms with Crippen molar-refractivity contribution in [2.24, 2.45) is 0 Å². The zero-order valence-electron chi connectivity index (χ0n) is 13.0. The van der Waals surface area contributed by atoms with E-state index in [9.17, 15) is 10.1 Å². The van der Waals surface area contributed by atoms with Gasteiger partial charge in [0, 0.05) is 29.7 Å². The maximum atomic E-state index is 12.7. The van der Waals surface area contributed by atoms with Crippen LogP contribution in [0.3, 0.4) is 0 Å². The molecule has 1 saturated heterocycles. The van der Waals surface area contributed by atoms with Crippen molar-refractivity contribution in [3.8, 4) is 6.07 Å². The molecule has 0 saturated carbocycles. The third-order valence-electron chi connectivity index (χ3n) is 4.63. The minimum atomic E-state index is 0.164. The number of fused-ring (bicyclic) bond motifs is 1. The van der Waals surface area contributed by atoms with E-state index < -0.39 is 0 Å². The smallest absolute Gasteiger partial charge is 0.242 e. The molecule has 1 fully saturated rings. The summed E-state index contributed by atoms with van der Waals surface area (Å²) in [6.07, 6.45) is 6.23. The average Bonchev–Trinajstić information content (AvgIpc) is 2.93. The minimum absolute atomic E-state index is 0.164. The van der Waals surface area contributed by atoms with Gasteiger partial charge in [0.15, 0.2) is 0 Å². The number of likely N-dealkylation sites (tertiary alicyclic amines) is 1. The Balaban J connectivity index is 1.87. The molecule has 22 heavy (non-hydrogen) atoms. The maximum absolute atomic E-state index is 12.7. The van der Waals surface area contributed by atoms with Crippen LogP contribution in [-0.2, 0) is 11.3 Å². The number of benzene rings is 1. The van der Waals surface area contributed by atoms with Crippen LogP contribution in [0.4, 0.5) is 0 Å². The minimum Gasteiger partial charge on any atom is -0.338 e. The molecule has 1 amide bonds. The van der Waals surface area contributed by atoms with Crippen molar-refractivity contribution in [1.82, 2.24) is 9.47 Å². The average molecular weight is 295 g/mol. The van der Waals surface area contributed by atoms with Crippen molar-refractivity contribution in [3.63, 3.8) is 0 Å².